The van der Waals surface area contributed by atoms with Gasteiger partial charge in [0.1, 0.15) is 11.5 Å². The molecule has 5 nitrogen and oxygen atoms in total. The number of ether oxygens (including phenoxy) is 3. The third-order valence-corrected chi connectivity index (χ3v) is 5.49. The Balaban J connectivity index is 1.55. The zero-order valence-electron chi connectivity index (χ0n) is 18.4. The van der Waals surface area contributed by atoms with E-state index in [-0.39, 0.29) is 22.8 Å². The molecule has 1 aliphatic rings. The van der Waals surface area contributed by atoms with E-state index >= 15 is 0 Å². The molecule has 11 heteroatoms. The standard InChI is InChI=1S/C25H14ClF5O5/c1-10-7-13(9-15-17(10)23(32)16(36-15)8-12-5-3-4-6-14(12)26)35-25(33)11(2)34-24-21(30)19(28)18(27)20(29)22(24)31/h3-9,11H,1-2H3/b16-8-. The lowest BCUT2D eigenvalue weighted by Crippen LogP contribution is -2.29. The fourth-order valence-electron chi connectivity index (χ4n) is 3.38. The first-order valence-corrected chi connectivity index (χ1v) is 10.6. The van der Waals surface area contributed by atoms with Crippen molar-refractivity contribution in [3.63, 3.8) is 0 Å². The van der Waals surface area contributed by atoms with Crippen LogP contribution in [0, 0.1) is 36.0 Å². The Kier molecular flexibility index (Phi) is 6.73. The van der Waals surface area contributed by atoms with Gasteiger partial charge in [-0.15, -0.1) is 0 Å². The molecule has 3 aromatic carbocycles. The SMILES string of the molecule is Cc1cc(OC(=O)C(C)Oc2c(F)c(F)c(F)c(F)c2F)cc2c1C(=O)/C(=C/c1ccccc1Cl)O2. The first-order chi connectivity index (χ1) is 17.0. The summed E-state index contributed by atoms with van der Waals surface area (Å²) in [5.41, 5.74) is 1.15. The van der Waals surface area contributed by atoms with Crippen molar-refractivity contribution in [2.45, 2.75) is 20.0 Å². The number of esters is 1. The van der Waals surface area contributed by atoms with E-state index in [0.29, 0.717) is 16.1 Å². The number of aryl methyl sites for hydroxylation is 1. The van der Waals surface area contributed by atoms with E-state index in [4.69, 9.17) is 21.1 Å². The van der Waals surface area contributed by atoms with Gasteiger partial charge < -0.3 is 14.2 Å². The van der Waals surface area contributed by atoms with Gasteiger partial charge in [0, 0.05) is 11.1 Å². The highest BCUT2D eigenvalue weighted by Gasteiger charge is 2.32. The fourth-order valence-corrected chi connectivity index (χ4v) is 3.57. The van der Waals surface area contributed by atoms with Gasteiger partial charge in [0.15, 0.2) is 17.6 Å². The monoisotopic (exact) mass is 524 g/mol. The Hall–Kier alpha value is -3.92. The number of benzene rings is 3. The van der Waals surface area contributed by atoms with Gasteiger partial charge >= 0.3 is 5.97 Å². The molecule has 1 unspecified atom stereocenters. The van der Waals surface area contributed by atoms with Crippen LogP contribution in [0.3, 0.4) is 0 Å². The van der Waals surface area contributed by atoms with Gasteiger partial charge in [0.25, 0.3) is 0 Å². The van der Waals surface area contributed by atoms with E-state index in [2.05, 4.69) is 4.74 Å². The lowest BCUT2D eigenvalue weighted by atomic mass is 10.0. The van der Waals surface area contributed by atoms with Crippen LogP contribution in [0.2, 0.25) is 5.02 Å². The summed E-state index contributed by atoms with van der Waals surface area (Å²) in [5.74, 6) is -14.6. The van der Waals surface area contributed by atoms with Crippen LogP contribution in [0.15, 0.2) is 42.2 Å². The van der Waals surface area contributed by atoms with Gasteiger partial charge in [0.05, 0.1) is 5.56 Å². The fraction of sp³-hybridized carbons (Fsp3) is 0.120. The smallest absolute Gasteiger partial charge is 0.352 e. The summed E-state index contributed by atoms with van der Waals surface area (Å²) in [5, 5.41) is 0.395. The first-order valence-electron chi connectivity index (χ1n) is 10.2. The molecule has 3 aromatic rings. The minimum Gasteiger partial charge on any atom is -0.473 e. The van der Waals surface area contributed by atoms with Crippen molar-refractivity contribution < 1.29 is 45.8 Å². The molecule has 1 atom stereocenters. The van der Waals surface area contributed by atoms with E-state index in [9.17, 15) is 31.5 Å². The van der Waals surface area contributed by atoms with Crippen LogP contribution in [0.1, 0.15) is 28.4 Å². The highest BCUT2D eigenvalue weighted by atomic mass is 35.5. The predicted molar refractivity (Wildman–Crippen MR) is 118 cm³/mol. The second-order valence-electron chi connectivity index (χ2n) is 7.65. The Labute approximate surface area is 205 Å². The second-order valence-corrected chi connectivity index (χ2v) is 8.06. The van der Waals surface area contributed by atoms with Crippen LogP contribution in [-0.2, 0) is 4.79 Å². The zero-order valence-corrected chi connectivity index (χ0v) is 19.2. The summed E-state index contributed by atoms with van der Waals surface area (Å²) in [6.45, 7) is 2.55. The maximum absolute atomic E-state index is 13.9. The number of hydrogen-bond acceptors (Lipinski definition) is 5. The van der Waals surface area contributed by atoms with Crippen LogP contribution < -0.4 is 14.2 Å². The van der Waals surface area contributed by atoms with Crippen molar-refractivity contribution >= 4 is 29.4 Å². The topological polar surface area (TPSA) is 61.8 Å². The van der Waals surface area contributed by atoms with Gasteiger partial charge in [-0.1, -0.05) is 29.8 Å². The molecular formula is C25H14ClF5O5. The van der Waals surface area contributed by atoms with E-state index in [1.54, 1.807) is 31.2 Å². The van der Waals surface area contributed by atoms with Gasteiger partial charge in [-0.05, 0) is 43.2 Å². The molecule has 0 aliphatic carbocycles. The number of rotatable bonds is 5. The third-order valence-electron chi connectivity index (χ3n) is 5.15. The number of hydrogen-bond donors (Lipinski definition) is 0. The van der Waals surface area contributed by atoms with Crippen molar-refractivity contribution in [2.24, 2.45) is 0 Å². The number of ketones is 1. The van der Waals surface area contributed by atoms with Gasteiger partial charge in [0.2, 0.25) is 34.9 Å². The van der Waals surface area contributed by atoms with E-state index in [1.807, 2.05) is 0 Å². The van der Waals surface area contributed by atoms with Crippen LogP contribution in [0.5, 0.6) is 17.2 Å². The number of carbonyl (C=O) groups is 2. The van der Waals surface area contributed by atoms with Crippen molar-refractivity contribution in [2.75, 3.05) is 0 Å². The molecule has 0 bridgehead atoms. The molecule has 1 heterocycles. The van der Waals surface area contributed by atoms with Crippen molar-refractivity contribution in [3.8, 4) is 17.2 Å². The quantitative estimate of drug-likeness (QED) is 0.0974. The van der Waals surface area contributed by atoms with Crippen LogP contribution >= 0.6 is 11.6 Å². The second kappa shape index (κ2) is 9.62. The average molecular weight is 525 g/mol. The minimum absolute atomic E-state index is 0.0207. The minimum atomic E-state index is -2.36. The molecule has 0 saturated carbocycles. The maximum Gasteiger partial charge on any atom is 0.352 e. The largest absolute Gasteiger partial charge is 0.473 e. The lowest BCUT2D eigenvalue weighted by Gasteiger charge is -2.16. The third kappa shape index (κ3) is 4.51. The Bertz CT molecular complexity index is 1420. The highest BCUT2D eigenvalue weighted by molar-refractivity contribution is 6.32. The van der Waals surface area contributed by atoms with Crippen molar-refractivity contribution in [3.05, 3.63) is 93.0 Å². The number of carbonyl (C=O) groups excluding carboxylic acids is 2. The summed E-state index contributed by atoms with van der Waals surface area (Å²) in [6.07, 6.45) is -0.319. The normalized spacial score (nSPS) is 14.4. The summed E-state index contributed by atoms with van der Waals surface area (Å²) in [4.78, 5) is 25.2. The van der Waals surface area contributed by atoms with Gasteiger partial charge in [-0.25, -0.2) is 18.0 Å². The molecule has 0 N–H and O–H groups in total. The highest BCUT2D eigenvalue weighted by Crippen LogP contribution is 2.38. The predicted octanol–water partition coefficient (Wildman–Crippen LogP) is 6.33. The molecule has 0 amide bonds. The number of Topliss-reactive ketones (excluding diaryl/α,β-unsaturated/α-hetero) is 1. The Morgan fingerprint density at radius 3 is 2.25 bits per heavy atom. The lowest BCUT2D eigenvalue weighted by molar-refractivity contribution is -0.141. The van der Waals surface area contributed by atoms with Crippen LogP contribution in [-0.4, -0.2) is 17.9 Å². The first kappa shape index (κ1) is 25.2. The van der Waals surface area contributed by atoms with Gasteiger partial charge in [-0.2, -0.15) is 8.78 Å². The summed E-state index contributed by atoms with van der Waals surface area (Å²) in [6, 6.07) is 9.33. The van der Waals surface area contributed by atoms with Crippen LogP contribution in [0.25, 0.3) is 6.08 Å². The van der Waals surface area contributed by atoms with E-state index in [1.165, 1.54) is 18.2 Å². The number of halogens is 6. The van der Waals surface area contributed by atoms with Crippen molar-refractivity contribution in [1.29, 1.82) is 0 Å². The zero-order chi connectivity index (χ0) is 26.3. The summed E-state index contributed by atoms with van der Waals surface area (Å²) in [7, 11) is 0. The van der Waals surface area contributed by atoms with Crippen LogP contribution in [0.4, 0.5) is 22.0 Å². The number of allylic oxidation sites excluding steroid dienone is 1. The molecule has 4 rings (SSSR count). The molecule has 1 aliphatic heterocycles. The van der Waals surface area contributed by atoms with E-state index in [0.717, 1.165) is 6.92 Å². The average Bonchev–Trinajstić information content (AvgIpc) is 3.15. The molecule has 0 fully saturated rings. The summed E-state index contributed by atoms with van der Waals surface area (Å²) < 4.78 is 83.1. The van der Waals surface area contributed by atoms with Crippen molar-refractivity contribution in [1.82, 2.24) is 0 Å². The Morgan fingerprint density at radius 1 is 1.00 bits per heavy atom. The molecule has 0 saturated heterocycles. The summed E-state index contributed by atoms with van der Waals surface area (Å²) >= 11 is 6.12. The number of fused-ring (bicyclic) bond motifs is 1. The van der Waals surface area contributed by atoms with Gasteiger partial charge in [-0.3, -0.25) is 4.79 Å². The van der Waals surface area contributed by atoms with E-state index < -0.39 is 52.7 Å². The molecule has 36 heavy (non-hydrogen) atoms. The molecule has 0 radical (unpaired) electrons. The Morgan fingerprint density at radius 2 is 1.61 bits per heavy atom. The molecule has 0 spiro atoms. The molecular weight excluding hydrogens is 511 g/mol. The maximum atomic E-state index is 13.9. The molecule has 0 aromatic heterocycles. The molecule has 186 valence electrons.